The Morgan fingerprint density at radius 1 is 1.47 bits per heavy atom. The highest BCUT2D eigenvalue weighted by atomic mass is 32.2. The van der Waals surface area contributed by atoms with Gasteiger partial charge in [0, 0.05) is 25.7 Å². The molecule has 0 aromatic heterocycles. The van der Waals surface area contributed by atoms with Crippen molar-refractivity contribution < 1.29 is 8.42 Å². The summed E-state index contributed by atoms with van der Waals surface area (Å²) in [4.78, 5) is 0. The Hall–Kier alpha value is -0.170. The van der Waals surface area contributed by atoms with Crippen LogP contribution >= 0.6 is 0 Å². The van der Waals surface area contributed by atoms with Gasteiger partial charge < -0.3 is 5.32 Å². The maximum atomic E-state index is 11.8. The molecule has 1 fully saturated rings. The second-order valence-electron chi connectivity index (χ2n) is 4.28. The Morgan fingerprint density at radius 3 is 2.60 bits per heavy atom. The minimum Gasteiger partial charge on any atom is -0.315 e. The summed E-state index contributed by atoms with van der Waals surface area (Å²) in [5.74, 6) is 0. The molecule has 1 rings (SSSR count). The molecule has 1 heterocycles. The average molecular weight is 235 g/mol. The highest BCUT2D eigenvalue weighted by Crippen LogP contribution is 2.06. The van der Waals surface area contributed by atoms with E-state index in [-0.39, 0.29) is 12.1 Å². The van der Waals surface area contributed by atoms with Crippen LogP contribution in [-0.4, -0.2) is 44.9 Å². The molecule has 0 bridgehead atoms. The van der Waals surface area contributed by atoms with Crippen LogP contribution in [0.25, 0.3) is 0 Å². The summed E-state index contributed by atoms with van der Waals surface area (Å²) in [6.07, 6.45) is 1.94. The van der Waals surface area contributed by atoms with Crippen molar-refractivity contribution in [2.75, 3.05) is 20.1 Å². The van der Waals surface area contributed by atoms with Crippen LogP contribution in [0, 0.1) is 0 Å². The van der Waals surface area contributed by atoms with Crippen molar-refractivity contribution >= 4 is 10.2 Å². The third-order valence-electron chi connectivity index (χ3n) is 2.72. The van der Waals surface area contributed by atoms with Crippen molar-refractivity contribution in [2.24, 2.45) is 0 Å². The summed E-state index contributed by atoms with van der Waals surface area (Å²) in [7, 11) is -1.72. The number of nitrogens with zero attached hydrogens (tertiary/aromatic N) is 1. The topological polar surface area (TPSA) is 61.4 Å². The molecule has 90 valence electrons. The van der Waals surface area contributed by atoms with Gasteiger partial charge in [0.25, 0.3) is 10.2 Å². The predicted octanol–water partition coefficient (Wildman–Crippen LogP) is -0.0870. The van der Waals surface area contributed by atoms with E-state index in [9.17, 15) is 8.42 Å². The molecule has 1 saturated heterocycles. The van der Waals surface area contributed by atoms with Crippen LogP contribution in [0.3, 0.4) is 0 Å². The van der Waals surface area contributed by atoms with Crippen molar-refractivity contribution in [1.29, 1.82) is 0 Å². The summed E-state index contributed by atoms with van der Waals surface area (Å²) >= 11 is 0. The average Bonchev–Trinajstić information content (AvgIpc) is 2.17. The molecule has 1 aliphatic heterocycles. The molecule has 0 aliphatic carbocycles. The van der Waals surface area contributed by atoms with Crippen LogP contribution in [0.5, 0.6) is 0 Å². The van der Waals surface area contributed by atoms with Gasteiger partial charge in [0.1, 0.15) is 0 Å². The zero-order chi connectivity index (χ0) is 11.5. The summed E-state index contributed by atoms with van der Waals surface area (Å²) in [5, 5.41) is 3.18. The second-order valence-corrected chi connectivity index (χ2v) is 6.04. The molecule has 0 aromatic rings. The standard InChI is InChI=1S/C9H21N3O2S/c1-8(2)12(3)15(13,14)11-9-5-4-6-10-7-9/h8-11H,4-7H2,1-3H3. The van der Waals surface area contributed by atoms with Gasteiger partial charge in [-0.15, -0.1) is 0 Å². The Kier molecular flexibility index (Phi) is 4.51. The first kappa shape index (κ1) is 12.9. The fourth-order valence-corrected chi connectivity index (χ4v) is 2.87. The molecule has 0 amide bonds. The predicted molar refractivity (Wildman–Crippen MR) is 60.8 cm³/mol. The molecular weight excluding hydrogens is 214 g/mol. The van der Waals surface area contributed by atoms with Crippen molar-refractivity contribution in [3.8, 4) is 0 Å². The van der Waals surface area contributed by atoms with E-state index < -0.39 is 10.2 Å². The van der Waals surface area contributed by atoms with E-state index in [0.717, 1.165) is 25.9 Å². The third-order valence-corrected chi connectivity index (χ3v) is 4.53. The van der Waals surface area contributed by atoms with Crippen LogP contribution in [0.4, 0.5) is 0 Å². The lowest BCUT2D eigenvalue weighted by Crippen LogP contribution is -2.51. The number of rotatable bonds is 4. The van der Waals surface area contributed by atoms with Gasteiger partial charge >= 0.3 is 0 Å². The Morgan fingerprint density at radius 2 is 2.13 bits per heavy atom. The lowest BCUT2D eigenvalue weighted by molar-refractivity contribution is 0.377. The molecule has 0 saturated carbocycles. The number of piperidine rings is 1. The van der Waals surface area contributed by atoms with Crippen molar-refractivity contribution in [2.45, 2.75) is 38.8 Å². The SMILES string of the molecule is CC(C)N(C)S(=O)(=O)NC1CCCNC1. The molecule has 2 N–H and O–H groups in total. The Bertz CT molecular complexity index is 284. The molecule has 0 aromatic carbocycles. The highest BCUT2D eigenvalue weighted by Gasteiger charge is 2.24. The van der Waals surface area contributed by atoms with Crippen LogP contribution in [0.1, 0.15) is 26.7 Å². The van der Waals surface area contributed by atoms with Gasteiger partial charge in [-0.1, -0.05) is 0 Å². The quantitative estimate of drug-likeness (QED) is 0.716. The zero-order valence-electron chi connectivity index (χ0n) is 9.66. The molecule has 5 nitrogen and oxygen atoms in total. The first-order chi connectivity index (χ1) is 6.93. The molecule has 1 unspecified atom stereocenters. The summed E-state index contributed by atoms with van der Waals surface area (Å²) < 4.78 is 27.7. The molecule has 0 radical (unpaired) electrons. The molecule has 6 heteroatoms. The largest absolute Gasteiger partial charge is 0.315 e. The van der Waals surface area contributed by atoms with Gasteiger partial charge in [0.2, 0.25) is 0 Å². The van der Waals surface area contributed by atoms with Crippen LogP contribution in [-0.2, 0) is 10.2 Å². The van der Waals surface area contributed by atoms with Gasteiger partial charge in [-0.2, -0.15) is 17.4 Å². The summed E-state index contributed by atoms with van der Waals surface area (Å²) in [6, 6.07) is 0.0176. The molecule has 1 aliphatic rings. The van der Waals surface area contributed by atoms with Crippen LogP contribution < -0.4 is 10.0 Å². The number of nitrogens with one attached hydrogen (secondary N) is 2. The molecule has 15 heavy (non-hydrogen) atoms. The number of hydrogen-bond donors (Lipinski definition) is 2. The maximum Gasteiger partial charge on any atom is 0.279 e. The van der Waals surface area contributed by atoms with Gasteiger partial charge in [0.05, 0.1) is 0 Å². The van der Waals surface area contributed by atoms with E-state index in [1.54, 1.807) is 7.05 Å². The van der Waals surface area contributed by atoms with Gasteiger partial charge in [0.15, 0.2) is 0 Å². The monoisotopic (exact) mass is 235 g/mol. The first-order valence-corrected chi connectivity index (χ1v) is 6.83. The zero-order valence-corrected chi connectivity index (χ0v) is 10.5. The molecular formula is C9H21N3O2S. The second kappa shape index (κ2) is 5.25. The first-order valence-electron chi connectivity index (χ1n) is 5.39. The molecule has 0 spiro atoms. The minimum atomic E-state index is -3.32. The fraction of sp³-hybridized carbons (Fsp3) is 1.00. The van der Waals surface area contributed by atoms with Gasteiger partial charge in [-0.25, -0.2) is 0 Å². The third kappa shape index (κ3) is 3.71. The lowest BCUT2D eigenvalue weighted by atomic mass is 10.1. The van der Waals surface area contributed by atoms with Crippen molar-refractivity contribution in [3.63, 3.8) is 0 Å². The van der Waals surface area contributed by atoms with Crippen LogP contribution in [0.2, 0.25) is 0 Å². The Labute approximate surface area is 92.4 Å². The lowest BCUT2D eigenvalue weighted by Gasteiger charge is -2.28. The fourth-order valence-electron chi connectivity index (χ4n) is 1.52. The van der Waals surface area contributed by atoms with Gasteiger partial charge in [-0.05, 0) is 33.2 Å². The van der Waals surface area contributed by atoms with E-state index in [1.807, 2.05) is 13.8 Å². The highest BCUT2D eigenvalue weighted by molar-refractivity contribution is 7.87. The van der Waals surface area contributed by atoms with Crippen molar-refractivity contribution in [3.05, 3.63) is 0 Å². The maximum absolute atomic E-state index is 11.8. The van der Waals surface area contributed by atoms with Crippen LogP contribution in [0.15, 0.2) is 0 Å². The normalized spacial score (nSPS) is 23.7. The molecule has 1 atom stereocenters. The summed E-state index contributed by atoms with van der Waals surface area (Å²) in [6.45, 7) is 5.43. The number of hydrogen-bond acceptors (Lipinski definition) is 3. The van der Waals surface area contributed by atoms with E-state index in [2.05, 4.69) is 10.0 Å². The van der Waals surface area contributed by atoms with Gasteiger partial charge in [-0.3, -0.25) is 0 Å². The van der Waals surface area contributed by atoms with Crippen molar-refractivity contribution in [1.82, 2.24) is 14.3 Å². The van der Waals surface area contributed by atoms with E-state index >= 15 is 0 Å². The minimum absolute atomic E-state index is 0.0148. The van der Waals surface area contributed by atoms with E-state index in [4.69, 9.17) is 0 Å². The smallest absolute Gasteiger partial charge is 0.279 e. The Balaban J connectivity index is 2.55. The van der Waals surface area contributed by atoms with E-state index in [1.165, 1.54) is 4.31 Å². The van der Waals surface area contributed by atoms with E-state index in [0.29, 0.717) is 0 Å². The summed E-state index contributed by atoms with van der Waals surface area (Å²) in [5.41, 5.74) is 0.